The molecular formula is C26H39N3O4. The molecule has 0 aromatic heterocycles. The molecule has 0 unspecified atom stereocenters. The highest BCUT2D eigenvalue weighted by Gasteiger charge is 2.19. The van der Waals surface area contributed by atoms with Gasteiger partial charge in [-0.2, -0.15) is 0 Å². The SMILES string of the molecule is Cc1ccccc1OC[C@@H](O)CNCCN1CCN(C[C@@H](O)COc2ccccc2C)CC1. The smallest absolute Gasteiger partial charge is 0.122 e. The summed E-state index contributed by atoms with van der Waals surface area (Å²) in [5, 5.41) is 23.8. The van der Waals surface area contributed by atoms with E-state index in [4.69, 9.17) is 9.47 Å². The van der Waals surface area contributed by atoms with Crippen molar-refractivity contribution in [2.75, 3.05) is 65.6 Å². The van der Waals surface area contributed by atoms with Crippen LogP contribution in [0.4, 0.5) is 0 Å². The third-order valence-corrected chi connectivity index (χ3v) is 5.97. The second-order valence-corrected chi connectivity index (χ2v) is 8.81. The zero-order valence-corrected chi connectivity index (χ0v) is 19.9. The summed E-state index contributed by atoms with van der Waals surface area (Å²) >= 11 is 0. The van der Waals surface area contributed by atoms with Crippen molar-refractivity contribution in [1.29, 1.82) is 0 Å². The molecule has 0 amide bonds. The highest BCUT2D eigenvalue weighted by Crippen LogP contribution is 2.17. The molecule has 2 aromatic rings. The predicted octanol–water partition coefficient (Wildman–Crippen LogP) is 1.69. The van der Waals surface area contributed by atoms with Crippen LogP contribution in [0, 0.1) is 13.8 Å². The number of benzene rings is 2. The van der Waals surface area contributed by atoms with Crippen LogP contribution in [0.5, 0.6) is 11.5 Å². The van der Waals surface area contributed by atoms with Gasteiger partial charge in [-0.3, -0.25) is 9.80 Å². The van der Waals surface area contributed by atoms with E-state index < -0.39 is 12.2 Å². The van der Waals surface area contributed by atoms with Gasteiger partial charge in [0.2, 0.25) is 0 Å². The molecule has 182 valence electrons. The molecule has 1 saturated heterocycles. The number of hydrogen-bond acceptors (Lipinski definition) is 7. The van der Waals surface area contributed by atoms with Crippen LogP contribution in [0.3, 0.4) is 0 Å². The minimum Gasteiger partial charge on any atom is -0.491 e. The Hall–Kier alpha value is -2.16. The normalized spacial score (nSPS) is 17.0. The average Bonchev–Trinajstić information content (AvgIpc) is 2.82. The van der Waals surface area contributed by atoms with Gasteiger partial charge in [0.25, 0.3) is 0 Å². The number of aliphatic hydroxyl groups excluding tert-OH is 2. The van der Waals surface area contributed by atoms with Crippen LogP contribution in [0.1, 0.15) is 11.1 Å². The quantitative estimate of drug-likeness (QED) is 0.395. The highest BCUT2D eigenvalue weighted by molar-refractivity contribution is 5.32. The van der Waals surface area contributed by atoms with E-state index in [9.17, 15) is 10.2 Å². The number of β-amino-alcohol motifs (C(OH)–C–C–N with tert-alkyl or cyclic N) is 1. The number of aliphatic hydroxyl groups is 2. The fraction of sp³-hybridized carbons (Fsp3) is 0.538. The predicted molar refractivity (Wildman–Crippen MR) is 131 cm³/mol. The first-order chi connectivity index (χ1) is 16.0. The Balaban J connectivity index is 1.22. The molecule has 3 N–H and O–H groups in total. The van der Waals surface area contributed by atoms with Gasteiger partial charge in [0.1, 0.15) is 36.9 Å². The van der Waals surface area contributed by atoms with Gasteiger partial charge >= 0.3 is 0 Å². The Morgan fingerprint density at radius 2 is 1.30 bits per heavy atom. The molecule has 1 heterocycles. The molecule has 1 aliphatic heterocycles. The van der Waals surface area contributed by atoms with Gasteiger partial charge in [0.05, 0.1) is 0 Å². The van der Waals surface area contributed by atoms with E-state index >= 15 is 0 Å². The van der Waals surface area contributed by atoms with E-state index in [1.807, 2.05) is 62.4 Å². The highest BCUT2D eigenvalue weighted by atomic mass is 16.5. The summed E-state index contributed by atoms with van der Waals surface area (Å²) in [7, 11) is 0. The van der Waals surface area contributed by atoms with Crippen molar-refractivity contribution in [3.8, 4) is 11.5 Å². The summed E-state index contributed by atoms with van der Waals surface area (Å²) in [6, 6.07) is 15.7. The minimum atomic E-state index is -0.537. The maximum atomic E-state index is 10.4. The maximum absolute atomic E-state index is 10.4. The number of nitrogens with zero attached hydrogens (tertiary/aromatic N) is 2. The Morgan fingerprint density at radius 3 is 1.88 bits per heavy atom. The molecule has 7 nitrogen and oxygen atoms in total. The Kier molecular flexibility index (Phi) is 10.4. The fourth-order valence-electron chi connectivity index (χ4n) is 3.92. The first kappa shape index (κ1) is 25.5. The molecule has 0 radical (unpaired) electrons. The molecule has 0 bridgehead atoms. The van der Waals surface area contributed by atoms with Gasteiger partial charge < -0.3 is 25.0 Å². The Labute approximate surface area is 197 Å². The first-order valence-electron chi connectivity index (χ1n) is 11.9. The van der Waals surface area contributed by atoms with E-state index in [2.05, 4.69) is 15.1 Å². The lowest BCUT2D eigenvalue weighted by molar-refractivity contribution is 0.0458. The van der Waals surface area contributed by atoms with Crippen molar-refractivity contribution >= 4 is 0 Å². The van der Waals surface area contributed by atoms with Gasteiger partial charge in [-0.25, -0.2) is 0 Å². The van der Waals surface area contributed by atoms with E-state index in [-0.39, 0.29) is 6.61 Å². The monoisotopic (exact) mass is 457 g/mol. The molecule has 0 spiro atoms. The Bertz CT molecular complexity index is 824. The number of ether oxygens (including phenoxy) is 2. The third-order valence-electron chi connectivity index (χ3n) is 5.97. The third kappa shape index (κ3) is 8.95. The van der Waals surface area contributed by atoms with E-state index in [0.717, 1.165) is 61.9 Å². The van der Waals surface area contributed by atoms with Crippen LogP contribution in [0.15, 0.2) is 48.5 Å². The summed E-state index contributed by atoms with van der Waals surface area (Å²) in [6.07, 6.45) is -1.04. The van der Waals surface area contributed by atoms with Gasteiger partial charge in [-0.1, -0.05) is 36.4 Å². The zero-order chi connectivity index (χ0) is 23.5. The second-order valence-electron chi connectivity index (χ2n) is 8.81. The molecule has 0 saturated carbocycles. The molecular weight excluding hydrogens is 418 g/mol. The summed E-state index contributed by atoms with van der Waals surface area (Å²) in [5.41, 5.74) is 2.15. The number of piperazine rings is 1. The lowest BCUT2D eigenvalue weighted by Gasteiger charge is -2.35. The molecule has 1 fully saturated rings. The molecule has 3 rings (SSSR count). The maximum Gasteiger partial charge on any atom is 0.122 e. The van der Waals surface area contributed by atoms with Crippen LogP contribution in [-0.4, -0.2) is 97.8 Å². The largest absolute Gasteiger partial charge is 0.491 e. The van der Waals surface area contributed by atoms with E-state index in [1.165, 1.54) is 0 Å². The van der Waals surface area contributed by atoms with Gasteiger partial charge in [0, 0.05) is 52.4 Å². The molecule has 1 aliphatic rings. The molecule has 2 atom stereocenters. The average molecular weight is 458 g/mol. The van der Waals surface area contributed by atoms with Gasteiger partial charge in [-0.15, -0.1) is 0 Å². The van der Waals surface area contributed by atoms with Gasteiger partial charge in [0.15, 0.2) is 0 Å². The van der Waals surface area contributed by atoms with Crippen molar-refractivity contribution in [2.45, 2.75) is 26.1 Å². The van der Waals surface area contributed by atoms with Crippen LogP contribution in [-0.2, 0) is 0 Å². The van der Waals surface area contributed by atoms with Crippen LogP contribution in [0.25, 0.3) is 0 Å². The number of aryl methyl sites for hydroxylation is 2. The molecule has 0 aliphatic carbocycles. The second kappa shape index (κ2) is 13.5. The molecule has 2 aromatic carbocycles. The molecule has 7 heteroatoms. The number of rotatable bonds is 13. The number of para-hydroxylation sites is 2. The van der Waals surface area contributed by atoms with E-state index in [1.54, 1.807) is 0 Å². The van der Waals surface area contributed by atoms with Crippen molar-refractivity contribution < 1.29 is 19.7 Å². The summed E-state index contributed by atoms with van der Waals surface area (Å²) < 4.78 is 11.5. The van der Waals surface area contributed by atoms with Gasteiger partial charge in [-0.05, 0) is 37.1 Å². The fourth-order valence-corrected chi connectivity index (χ4v) is 3.92. The van der Waals surface area contributed by atoms with E-state index in [0.29, 0.717) is 19.7 Å². The standard InChI is InChI=1S/C26H39N3O4/c1-21-7-3-5-9-25(21)32-19-23(30)17-27-11-12-28-13-15-29(16-14-28)18-24(31)20-33-26-10-6-4-8-22(26)2/h3-10,23-24,27,30-31H,11-20H2,1-2H3/t23-,24+/m0/s1. The van der Waals surface area contributed by atoms with Crippen LogP contribution < -0.4 is 14.8 Å². The van der Waals surface area contributed by atoms with Crippen molar-refractivity contribution in [3.05, 3.63) is 59.7 Å². The number of nitrogens with one attached hydrogen (secondary N) is 1. The van der Waals surface area contributed by atoms with Crippen molar-refractivity contribution in [2.24, 2.45) is 0 Å². The first-order valence-corrected chi connectivity index (χ1v) is 11.9. The molecule has 33 heavy (non-hydrogen) atoms. The van der Waals surface area contributed by atoms with Crippen molar-refractivity contribution in [3.63, 3.8) is 0 Å². The lowest BCUT2D eigenvalue weighted by Crippen LogP contribution is -2.50. The van der Waals surface area contributed by atoms with Crippen LogP contribution in [0.2, 0.25) is 0 Å². The summed E-state index contributed by atoms with van der Waals surface area (Å²) in [5.74, 6) is 1.65. The summed E-state index contributed by atoms with van der Waals surface area (Å²) in [6.45, 7) is 11.4. The Morgan fingerprint density at radius 1 is 0.788 bits per heavy atom. The lowest BCUT2D eigenvalue weighted by atomic mass is 10.2. The topological polar surface area (TPSA) is 77.4 Å². The zero-order valence-electron chi connectivity index (χ0n) is 19.9. The van der Waals surface area contributed by atoms with Crippen LogP contribution >= 0.6 is 0 Å². The van der Waals surface area contributed by atoms with Crippen molar-refractivity contribution in [1.82, 2.24) is 15.1 Å². The minimum absolute atomic E-state index is 0.284. The summed E-state index contributed by atoms with van der Waals surface area (Å²) in [4.78, 5) is 4.71. The number of hydrogen-bond donors (Lipinski definition) is 3.